The van der Waals surface area contributed by atoms with E-state index in [9.17, 15) is 13.2 Å². The highest BCUT2D eigenvalue weighted by molar-refractivity contribution is 5.57. The van der Waals surface area contributed by atoms with Crippen molar-refractivity contribution in [1.29, 1.82) is 0 Å². The molecule has 0 atom stereocenters. The minimum Gasteiger partial charge on any atom is -0.370 e. The van der Waals surface area contributed by atoms with Crippen LogP contribution in [0.15, 0.2) is 30.6 Å². The molecule has 142 valence electrons. The van der Waals surface area contributed by atoms with E-state index < -0.39 is 11.9 Å². The molecule has 3 aromatic rings. The molecule has 27 heavy (non-hydrogen) atoms. The van der Waals surface area contributed by atoms with Crippen LogP contribution in [0.25, 0.3) is 11.4 Å². The van der Waals surface area contributed by atoms with Gasteiger partial charge >= 0.3 is 6.18 Å². The molecule has 3 aromatic heterocycles. The van der Waals surface area contributed by atoms with E-state index in [1.54, 1.807) is 16.8 Å². The molecule has 0 unspecified atom stereocenters. The molecule has 0 aliphatic heterocycles. The lowest BCUT2D eigenvalue weighted by atomic mass is 10.1. The Morgan fingerprint density at radius 1 is 1.11 bits per heavy atom. The maximum absolute atomic E-state index is 13.2. The lowest BCUT2D eigenvalue weighted by Crippen LogP contribution is -2.13. The first kappa shape index (κ1) is 18.8. The first-order valence-electron chi connectivity index (χ1n) is 8.35. The molecular formula is C18H19F3N6. The third-order valence-electron chi connectivity index (χ3n) is 4.30. The van der Waals surface area contributed by atoms with Gasteiger partial charge in [0.15, 0.2) is 11.5 Å². The summed E-state index contributed by atoms with van der Waals surface area (Å²) in [6, 6.07) is 4.07. The number of nitrogens with zero attached hydrogens (tertiary/aromatic N) is 5. The maximum Gasteiger partial charge on any atom is 0.433 e. The molecule has 0 amide bonds. The lowest BCUT2D eigenvalue weighted by molar-refractivity contribution is -0.141. The zero-order valence-electron chi connectivity index (χ0n) is 15.2. The quantitative estimate of drug-likeness (QED) is 0.737. The van der Waals surface area contributed by atoms with Crippen molar-refractivity contribution in [2.24, 2.45) is 7.05 Å². The molecule has 3 heterocycles. The summed E-state index contributed by atoms with van der Waals surface area (Å²) in [5.41, 5.74) is 2.50. The molecule has 0 radical (unpaired) electrons. The number of nitrogens with one attached hydrogen (secondary N) is 1. The van der Waals surface area contributed by atoms with Crippen molar-refractivity contribution in [3.05, 3.63) is 53.2 Å². The summed E-state index contributed by atoms with van der Waals surface area (Å²) in [6.45, 7) is 4.30. The molecule has 0 aromatic carbocycles. The average molecular weight is 376 g/mol. The monoisotopic (exact) mass is 376 g/mol. The van der Waals surface area contributed by atoms with Crippen molar-refractivity contribution in [2.75, 3.05) is 11.9 Å². The molecule has 0 bridgehead atoms. The van der Waals surface area contributed by atoms with Gasteiger partial charge in [0.25, 0.3) is 0 Å². The third-order valence-corrected chi connectivity index (χ3v) is 4.30. The second kappa shape index (κ2) is 7.34. The number of pyridine rings is 1. The van der Waals surface area contributed by atoms with Gasteiger partial charge in [0.2, 0.25) is 0 Å². The van der Waals surface area contributed by atoms with Crippen LogP contribution in [0.5, 0.6) is 0 Å². The number of hydrogen-bond acceptors (Lipinski definition) is 5. The second-order valence-corrected chi connectivity index (χ2v) is 6.15. The summed E-state index contributed by atoms with van der Waals surface area (Å²) >= 11 is 0. The summed E-state index contributed by atoms with van der Waals surface area (Å²) in [4.78, 5) is 11.7. The van der Waals surface area contributed by atoms with E-state index >= 15 is 0 Å². The SMILES string of the molecule is Cc1nn(C)c(C)c1CCNc1cc(C(F)(F)F)nc(-c2ccncc2)n1. The molecule has 9 heteroatoms. The van der Waals surface area contributed by atoms with E-state index in [2.05, 4.69) is 25.4 Å². The minimum absolute atomic E-state index is 0.00321. The van der Waals surface area contributed by atoms with Gasteiger partial charge in [0, 0.05) is 43.3 Å². The molecule has 3 rings (SSSR count). The summed E-state index contributed by atoms with van der Waals surface area (Å²) in [5, 5.41) is 7.32. The Balaban J connectivity index is 1.84. The van der Waals surface area contributed by atoms with Crippen molar-refractivity contribution in [3.63, 3.8) is 0 Å². The number of hydrogen-bond donors (Lipinski definition) is 1. The third kappa shape index (κ3) is 4.24. The minimum atomic E-state index is -4.56. The van der Waals surface area contributed by atoms with Crippen molar-refractivity contribution < 1.29 is 13.2 Å². The fraction of sp³-hybridized carbons (Fsp3) is 0.333. The van der Waals surface area contributed by atoms with Crippen LogP contribution in [0.4, 0.5) is 19.0 Å². The zero-order chi connectivity index (χ0) is 19.6. The number of aryl methyl sites for hydroxylation is 2. The van der Waals surface area contributed by atoms with E-state index in [0.29, 0.717) is 18.5 Å². The van der Waals surface area contributed by atoms with Crippen molar-refractivity contribution >= 4 is 5.82 Å². The average Bonchev–Trinajstić information content (AvgIpc) is 2.87. The topological polar surface area (TPSA) is 68.5 Å². The van der Waals surface area contributed by atoms with Crippen LogP contribution in [0, 0.1) is 13.8 Å². The van der Waals surface area contributed by atoms with Crippen molar-refractivity contribution in [2.45, 2.75) is 26.4 Å². The van der Waals surface area contributed by atoms with Crippen molar-refractivity contribution in [3.8, 4) is 11.4 Å². The number of halogens is 3. The summed E-state index contributed by atoms with van der Waals surface area (Å²) in [6.07, 6.45) is -0.959. The molecule has 0 saturated carbocycles. The highest BCUT2D eigenvalue weighted by Gasteiger charge is 2.33. The van der Waals surface area contributed by atoms with Gasteiger partial charge in [0.1, 0.15) is 5.82 Å². The Morgan fingerprint density at radius 3 is 2.41 bits per heavy atom. The largest absolute Gasteiger partial charge is 0.433 e. The van der Waals surface area contributed by atoms with E-state index in [-0.39, 0.29) is 11.6 Å². The Morgan fingerprint density at radius 2 is 1.81 bits per heavy atom. The summed E-state index contributed by atoms with van der Waals surface area (Å²) in [5.74, 6) is 0.131. The normalized spacial score (nSPS) is 11.6. The molecule has 0 fully saturated rings. The molecular weight excluding hydrogens is 357 g/mol. The number of aromatic nitrogens is 5. The number of rotatable bonds is 5. The highest BCUT2D eigenvalue weighted by Crippen LogP contribution is 2.30. The Kier molecular flexibility index (Phi) is 5.11. The Bertz CT molecular complexity index is 934. The summed E-state index contributed by atoms with van der Waals surface area (Å²) < 4.78 is 41.4. The zero-order valence-corrected chi connectivity index (χ0v) is 15.2. The Hall–Kier alpha value is -2.97. The molecule has 0 saturated heterocycles. The number of anilines is 1. The van der Waals surface area contributed by atoms with Gasteiger partial charge in [-0.25, -0.2) is 9.97 Å². The predicted octanol–water partition coefficient (Wildman–Crippen LogP) is 3.56. The van der Waals surface area contributed by atoms with Crippen LogP contribution < -0.4 is 5.32 Å². The van der Waals surface area contributed by atoms with Crippen LogP contribution in [-0.4, -0.2) is 31.3 Å². The van der Waals surface area contributed by atoms with Crippen molar-refractivity contribution in [1.82, 2.24) is 24.7 Å². The first-order valence-corrected chi connectivity index (χ1v) is 8.35. The summed E-state index contributed by atoms with van der Waals surface area (Å²) in [7, 11) is 1.86. The van der Waals surface area contributed by atoms with Crippen LogP contribution in [-0.2, 0) is 19.6 Å². The lowest BCUT2D eigenvalue weighted by Gasteiger charge is -2.12. The van der Waals surface area contributed by atoms with Crippen LogP contribution in [0.1, 0.15) is 22.6 Å². The van der Waals surface area contributed by atoms with Gasteiger partial charge in [0.05, 0.1) is 5.69 Å². The number of alkyl halides is 3. The molecule has 0 spiro atoms. The van der Waals surface area contributed by atoms with Gasteiger partial charge < -0.3 is 5.32 Å². The predicted molar refractivity (Wildman–Crippen MR) is 95.1 cm³/mol. The smallest absolute Gasteiger partial charge is 0.370 e. The van der Waals surface area contributed by atoms with Crippen LogP contribution in [0.3, 0.4) is 0 Å². The van der Waals surface area contributed by atoms with Gasteiger partial charge in [-0.3, -0.25) is 9.67 Å². The standard InChI is InChI=1S/C18H19F3N6/c1-11-14(12(2)27(3)26-11)6-9-23-16-10-15(18(19,20)21)24-17(25-16)13-4-7-22-8-5-13/h4-5,7-8,10H,6,9H2,1-3H3,(H,23,24,25). The van der Waals surface area contributed by atoms with E-state index in [1.165, 1.54) is 12.4 Å². The molecule has 0 aliphatic rings. The van der Waals surface area contributed by atoms with Crippen LogP contribution >= 0.6 is 0 Å². The highest BCUT2D eigenvalue weighted by atomic mass is 19.4. The maximum atomic E-state index is 13.2. The first-order chi connectivity index (χ1) is 12.8. The van der Waals surface area contributed by atoms with E-state index in [0.717, 1.165) is 23.0 Å². The molecule has 1 N–H and O–H groups in total. The Labute approximate surface area is 154 Å². The van der Waals surface area contributed by atoms with E-state index in [1.807, 2.05) is 20.9 Å². The molecule has 0 aliphatic carbocycles. The van der Waals surface area contributed by atoms with Gasteiger partial charge in [-0.1, -0.05) is 0 Å². The van der Waals surface area contributed by atoms with E-state index in [4.69, 9.17) is 0 Å². The van der Waals surface area contributed by atoms with Gasteiger partial charge in [-0.15, -0.1) is 0 Å². The fourth-order valence-corrected chi connectivity index (χ4v) is 2.81. The van der Waals surface area contributed by atoms with Gasteiger partial charge in [-0.2, -0.15) is 18.3 Å². The van der Waals surface area contributed by atoms with Crippen LogP contribution in [0.2, 0.25) is 0 Å². The van der Waals surface area contributed by atoms with Gasteiger partial charge in [-0.05, 0) is 38.0 Å². The fourth-order valence-electron chi connectivity index (χ4n) is 2.81. The second-order valence-electron chi connectivity index (χ2n) is 6.15. The molecule has 6 nitrogen and oxygen atoms in total.